The van der Waals surface area contributed by atoms with Crippen LogP contribution >= 0.6 is 0 Å². The van der Waals surface area contributed by atoms with E-state index in [1.165, 1.54) is 6.07 Å². The maximum atomic E-state index is 13.2. The largest absolute Gasteiger partial charge is 0.481 e. The maximum Gasteiger partial charge on any atom is 0.305 e. The van der Waals surface area contributed by atoms with Crippen molar-refractivity contribution in [2.75, 3.05) is 6.54 Å². The number of ether oxygens (including phenoxy) is 1. The van der Waals surface area contributed by atoms with Crippen LogP contribution in [-0.4, -0.2) is 34.5 Å². The van der Waals surface area contributed by atoms with E-state index in [1.54, 1.807) is 29.2 Å². The normalized spacial score (nSPS) is 16.5. The Hall–Kier alpha value is -2.96. The molecule has 1 amide bonds. The van der Waals surface area contributed by atoms with Gasteiger partial charge in [-0.2, -0.15) is 0 Å². The number of hydrogen-bond acceptors (Lipinski definition) is 3. The Morgan fingerprint density at radius 1 is 1.08 bits per heavy atom. The monoisotopic (exact) mass is 361 g/mol. The van der Waals surface area contributed by atoms with Gasteiger partial charge in [-0.25, -0.2) is 8.78 Å². The molecule has 0 saturated carbocycles. The second kappa shape index (κ2) is 7.51. The molecular weight excluding hydrogens is 344 g/mol. The van der Waals surface area contributed by atoms with Gasteiger partial charge in [-0.15, -0.1) is 0 Å². The second-order valence-corrected chi connectivity index (χ2v) is 6.09. The van der Waals surface area contributed by atoms with Crippen LogP contribution in [0, 0.1) is 11.6 Å². The summed E-state index contributed by atoms with van der Waals surface area (Å²) in [5.41, 5.74) is 0.417. The number of nitrogens with zero attached hydrogens (tertiary/aromatic N) is 1. The van der Waals surface area contributed by atoms with Gasteiger partial charge in [0.25, 0.3) is 5.91 Å². The minimum absolute atomic E-state index is 0.0664. The lowest BCUT2D eigenvalue weighted by molar-refractivity contribution is -0.137. The summed E-state index contributed by atoms with van der Waals surface area (Å²) in [6.07, 6.45) is 1.39. The van der Waals surface area contributed by atoms with Gasteiger partial charge in [0.05, 0.1) is 6.42 Å². The van der Waals surface area contributed by atoms with Gasteiger partial charge in [-0.05, 0) is 49.2 Å². The van der Waals surface area contributed by atoms with Gasteiger partial charge in [0, 0.05) is 24.2 Å². The van der Waals surface area contributed by atoms with E-state index in [4.69, 9.17) is 9.84 Å². The summed E-state index contributed by atoms with van der Waals surface area (Å²) in [6, 6.07) is 9.15. The Morgan fingerprint density at radius 3 is 2.42 bits per heavy atom. The summed E-state index contributed by atoms with van der Waals surface area (Å²) in [6.45, 7) is 0.532. The van der Waals surface area contributed by atoms with Crippen molar-refractivity contribution >= 4 is 11.9 Å². The van der Waals surface area contributed by atoms with Crippen LogP contribution in [0.25, 0.3) is 0 Å². The average Bonchev–Trinajstić information content (AvgIpc) is 3.05. The first-order chi connectivity index (χ1) is 12.4. The minimum atomic E-state index is -1.01. The van der Waals surface area contributed by atoms with Crippen molar-refractivity contribution in [2.45, 2.75) is 25.3 Å². The molecule has 1 atom stereocenters. The van der Waals surface area contributed by atoms with E-state index in [-0.39, 0.29) is 24.1 Å². The number of benzene rings is 2. The van der Waals surface area contributed by atoms with E-state index in [2.05, 4.69) is 0 Å². The van der Waals surface area contributed by atoms with E-state index in [1.807, 2.05) is 0 Å². The fraction of sp³-hybridized carbons (Fsp3) is 0.263. The van der Waals surface area contributed by atoms with Gasteiger partial charge in [-0.3, -0.25) is 9.59 Å². The summed E-state index contributed by atoms with van der Waals surface area (Å²) in [5.74, 6) is -2.61. The standard InChI is InChI=1S/C19H17F2NO4/c20-16-8-7-15(11-17(16)21)26-14-5-3-12(4-6-14)19(25)22-9-1-2-13(22)10-18(23)24/h3-8,11,13H,1-2,9-10H2,(H,23,24). The molecule has 1 unspecified atom stereocenters. The van der Waals surface area contributed by atoms with Gasteiger partial charge >= 0.3 is 5.97 Å². The predicted molar refractivity (Wildman–Crippen MR) is 89.2 cm³/mol. The van der Waals surface area contributed by atoms with Gasteiger partial charge in [-0.1, -0.05) is 0 Å². The molecular formula is C19H17F2NO4. The molecule has 0 spiro atoms. The molecule has 0 aliphatic carbocycles. The van der Waals surface area contributed by atoms with Crippen molar-refractivity contribution in [3.63, 3.8) is 0 Å². The van der Waals surface area contributed by atoms with Crippen molar-refractivity contribution in [3.05, 3.63) is 59.7 Å². The third-order valence-electron chi connectivity index (χ3n) is 4.28. The van der Waals surface area contributed by atoms with Crippen LogP contribution < -0.4 is 4.74 Å². The summed E-state index contributed by atoms with van der Waals surface area (Å²) < 4.78 is 31.6. The molecule has 136 valence electrons. The lowest BCUT2D eigenvalue weighted by Crippen LogP contribution is -2.36. The number of carbonyl (C=O) groups excluding carboxylic acids is 1. The van der Waals surface area contributed by atoms with Crippen LogP contribution in [0.2, 0.25) is 0 Å². The Kier molecular flexibility index (Phi) is 5.16. The van der Waals surface area contributed by atoms with E-state index in [9.17, 15) is 18.4 Å². The number of aliphatic carboxylic acids is 1. The number of hydrogen-bond donors (Lipinski definition) is 1. The lowest BCUT2D eigenvalue weighted by Gasteiger charge is -2.23. The van der Waals surface area contributed by atoms with Gasteiger partial charge in [0.2, 0.25) is 0 Å². The molecule has 1 N–H and O–H groups in total. The van der Waals surface area contributed by atoms with E-state index < -0.39 is 17.6 Å². The molecule has 1 fully saturated rings. The third-order valence-corrected chi connectivity index (χ3v) is 4.28. The number of likely N-dealkylation sites (tertiary alicyclic amines) is 1. The van der Waals surface area contributed by atoms with Crippen molar-refractivity contribution < 1.29 is 28.2 Å². The van der Waals surface area contributed by atoms with Crippen LogP contribution in [0.5, 0.6) is 11.5 Å². The summed E-state index contributed by atoms with van der Waals surface area (Å²) in [4.78, 5) is 25.1. The molecule has 7 heteroatoms. The van der Waals surface area contributed by atoms with Crippen LogP contribution in [-0.2, 0) is 4.79 Å². The first-order valence-corrected chi connectivity index (χ1v) is 8.20. The Balaban J connectivity index is 1.69. The smallest absolute Gasteiger partial charge is 0.305 e. The van der Waals surface area contributed by atoms with Crippen molar-refractivity contribution in [1.82, 2.24) is 4.90 Å². The predicted octanol–water partition coefficient (Wildman–Crippen LogP) is 3.84. The third kappa shape index (κ3) is 3.99. The van der Waals surface area contributed by atoms with Gasteiger partial charge < -0.3 is 14.7 Å². The van der Waals surface area contributed by atoms with Crippen molar-refractivity contribution in [1.29, 1.82) is 0 Å². The highest BCUT2D eigenvalue weighted by Gasteiger charge is 2.30. The van der Waals surface area contributed by atoms with E-state index >= 15 is 0 Å². The molecule has 0 bridgehead atoms. The molecule has 1 aliphatic rings. The zero-order chi connectivity index (χ0) is 18.7. The molecule has 2 aromatic carbocycles. The highest BCUT2D eigenvalue weighted by Crippen LogP contribution is 2.26. The number of carboxylic acid groups (broad SMARTS) is 1. The van der Waals surface area contributed by atoms with E-state index in [0.29, 0.717) is 24.3 Å². The lowest BCUT2D eigenvalue weighted by atomic mass is 10.1. The number of carbonyl (C=O) groups is 2. The van der Waals surface area contributed by atoms with Crippen LogP contribution in [0.15, 0.2) is 42.5 Å². The first-order valence-electron chi connectivity index (χ1n) is 8.20. The fourth-order valence-corrected chi connectivity index (χ4v) is 3.02. The maximum absolute atomic E-state index is 13.2. The molecule has 0 radical (unpaired) electrons. The topological polar surface area (TPSA) is 66.8 Å². The summed E-state index contributed by atoms with van der Waals surface area (Å²) in [7, 11) is 0. The zero-order valence-electron chi connectivity index (χ0n) is 13.8. The van der Waals surface area contributed by atoms with Crippen molar-refractivity contribution in [2.24, 2.45) is 0 Å². The highest BCUT2D eigenvalue weighted by molar-refractivity contribution is 5.95. The van der Waals surface area contributed by atoms with Crippen LogP contribution in [0.4, 0.5) is 8.78 Å². The van der Waals surface area contributed by atoms with Crippen molar-refractivity contribution in [3.8, 4) is 11.5 Å². The second-order valence-electron chi connectivity index (χ2n) is 6.09. The van der Waals surface area contributed by atoms with Gasteiger partial charge in [0.1, 0.15) is 11.5 Å². The minimum Gasteiger partial charge on any atom is -0.481 e. The Labute approximate surface area is 148 Å². The molecule has 26 heavy (non-hydrogen) atoms. The quantitative estimate of drug-likeness (QED) is 0.879. The van der Waals surface area contributed by atoms with Gasteiger partial charge in [0.15, 0.2) is 11.6 Å². The van der Waals surface area contributed by atoms with E-state index in [0.717, 1.165) is 18.6 Å². The zero-order valence-corrected chi connectivity index (χ0v) is 13.8. The summed E-state index contributed by atoms with van der Waals surface area (Å²) in [5, 5.41) is 8.95. The molecule has 5 nitrogen and oxygen atoms in total. The van der Waals surface area contributed by atoms with Crippen LogP contribution in [0.3, 0.4) is 0 Å². The summed E-state index contributed by atoms with van der Waals surface area (Å²) >= 11 is 0. The molecule has 1 heterocycles. The Morgan fingerprint density at radius 2 is 1.77 bits per heavy atom. The first kappa shape index (κ1) is 17.8. The molecule has 1 saturated heterocycles. The average molecular weight is 361 g/mol. The number of carboxylic acids is 1. The molecule has 1 aliphatic heterocycles. The molecule has 2 aromatic rings. The molecule has 3 rings (SSSR count). The number of halogens is 2. The highest BCUT2D eigenvalue weighted by atomic mass is 19.2. The Bertz CT molecular complexity index is 823. The number of rotatable bonds is 5. The van der Waals surface area contributed by atoms with Crippen LogP contribution in [0.1, 0.15) is 29.6 Å². The fourth-order valence-electron chi connectivity index (χ4n) is 3.02. The number of amides is 1. The molecule has 0 aromatic heterocycles. The SMILES string of the molecule is O=C(O)CC1CCCN1C(=O)c1ccc(Oc2ccc(F)c(F)c2)cc1.